The number of hydrogen-bond donors (Lipinski definition) is 3. The molecule has 0 radical (unpaired) electrons. The highest BCUT2D eigenvalue weighted by Gasteiger charge is 2.26. The second-order valence-electron chi connectivity index (χ2n) is 5.65. The van der Waals surface area contributed by atoms with Gasteiger partial charge in [0.2, 0.25) is 0 Å². The molecule has 3 aliphatic heterocycles. The Bertz CT molecular complexity index is 514. The first-order valence-electron chi connectivity index (χ1n) is 7.45. The number of hydrogen-bond acceptors (Lipinski definition) is 4. The van der Waals surface area contributed by atoms with Crippen LogP contribution in [0.25, 0.3) is 0 Å². The Labute approximate surface area is 124 Å². The maximum atomic E-state index is 11.0. The maximum absolute atomic E-state index is 11.0. The van der Waals surface area contributed by atoms with Crippen molar-refractivity contribution in [3.8, 4) is 0 Å². The molecule has 3 rings (SSSR count). The average molecular weight is 287 g/mol. The Morgan fingerprint density at radius 2 is 1.90 bits per heavy atom. The van der Waals surface area contributed by atoms with Gasteiger partial charge in [-0.3, -0.25) is 4.79 Å². The van der Waals surface area contributed by atoms with Crippen molar-refractivity contribution in [2.75, 3.05) is 13.1 Å². The maximum Gasteiger partial charge on any atom is 0.306 e. The lowest BCUT2D eigenvalue weighted by Gasteiger charge is -2.35. The van der Waals surface area contributed by atoms with Crippen molar-refractivity contribution in [3.63, 3.8) is 0 Å². The van der Waals surface area contributed by atoms with Gasteiger partial charge >= 0.3 is 5.97 Å². The molecule has 0 aromatic rings. The van der Waals surface area contributed by atoms with Crippen LogP contribution in [0.2, 0.25) is 0 Å². The molecule has 0 spiro atoms. The summed E-state index contributed by atoms with van der Waals surface area (Å²) in [6, 6.07) is 0.454. The van der Waals surface area contributed by atoms with Crippen LogP contribution in [0.4, 0.5) is 0 Å². The summed E-state index contributed by atoms with van der Waals surface area (Å²) in [7, 11) is 0. The summed E-state index contributed by atoms with van der Waals surface area (Å²) in [5.41, 5.74) is 1.19. The average Bonchev–Trinajstić information content (AvgIpc) is 2.56. The summed E-state index contributed by atoms with van der Waals surface area (Å²) in [5.74, 6) is -0.845. The van der Waals surface area contributed by atoms with Crippen molar-refractivity contribution in [1.82, 2.24) is 15.5 Å². The number of piperidine rings is 1. The molecule has 5 heteroatoms. The van der Waals surface area contributed by atoms with E-state index in [0.29, 0.717) is 0 Å². The van der Waals surface area contributed by atoms with Crippen molar-refractivity contribution in [2.24, 2.45) is 5.92 Å². The molecule has 0 amide bonds. The molecule has 0 saturated carbocycles. The van der Waals surface area contributed by atoms with Crippen LogP contribution in [0, 0.1) is 5.92 Å². The second-order valence-corrected chi connectivity index (χ2v) is 5.65. The second kappa shape index (κ2) is 6.08. The predicted molar refractivity (Wildman–Crippen MR) is 81.3 cm³/mol. The molecule has 2 atom stereocenters. The van der Waals surface area contributed by atoms with Crippen molar-refractivity contribution in [3.05, 3.63) is 48.5 Å². The van der Waals surface area contributed by atoms with E-state index in [1.165, 1.54) is 5.70 Å². The Morgan fingerprint density at radius 1 is 1.14 bits per heavy atom. The van der Waals surface area contributed by atoms with Crippen LogP contribution >= 0.6 is 0 Å². The summed E-state index contributed by atoms with van der Waals surface area (Å²) in [4.78, 5) is 13.3. The van der Waals surface area contributed by atoms with Crippen LogP contribution in [0.1, 0.15) is 12.8 Å². The van der Waals surface area contributed by atoms with Gasteiger partial charge in [-0.05, 0) is 43.5 Å². The molecule has 3 N–H and O–H groups in total. The van der Waals surface area contributed by atoms with Gasteiger partial charge in [-0.2, -0.15) is 0 Å². The number of aliphatic carboxylic acids is 1. The molecular weight excluding hydrogens is 266 g/mol. The first-order valence-corrected chi connectivity index (χ1v) is 7.45. The third-order valence-electron chi connectivity index (χ3n) is 4.30. The van der Waals surface area contributed by atoms with Crippen molar-refractivity contribution in [1.29, 1.82) is 0 Å². The normalized spacial score (nSPS) is 28.8. The zero-order valence-corrected chi connectivity index (χ0v) is 11.9. The summed E-state index contributed by atoms with van der Waals surface area (Å²) >= 11 is 0. The van der Waals surface area contributed by atoms with E-state index in [9.17, 15) is 4.79 Å². The van der Waals surface area contributed by atoms with Gasteiger partial charge in [0, 0.05) is 18.8 Å². The van der Waals surface area contributed by atoms with Gasteiger partial charge < -0.3 is 20.6 Å². The molecule has 21 heavy (non-hydrogen) atoms. The number of rotatable bonds is 3. The molecular formula is C16H21N3O2. The third kappa shape index (κ3) is 3.12. The zero-order chi connectivity index (χ0) is 14.7. The van der Waals surface area contributed by atoms with Crippen LogP contribution in [-0.2, 0) is 4.79 Å². The van der Waals surface area contributed by atoms with Crippen LogP contribution < -0.4 is 10.6 Å². The smallest absolute Gasteiger partial charge is 0.306 e. The SMILES string of the molecule is O=C(O)C1CCN(C2=CC(C3C=CC=CN3)NC=C2)CC1. The van der Waals surface area contributed by atoms with E-state index in [0.717, 1.165) is 25.9 Å². The lowest BCUT2D eigenvalue weighted by atomic mass is 9.95. The molecule has 1 saturated heterocycles. The molecule has 0 aromatic heterocycles. The fourth-order valence-corrected chi connectivity index (χ4v) is 3.02. The van der Waals surface area contributed by atoms with E-state index in [1.807, 2.05) is 24.6 Å². The number of allylic oxidation sites excluding steroid dienone is 3. The van der Waals surface area contributed by atoms with Crippen LogP contribution in [0.3, 0.4) is 0 Å². The van der Waals surface area contributed by atoms with Crippen molar-refractivity contribution in [2.45, 2.75) is 24.9 Å². The zero-order valence-electron chi connectivity index (χ0n) is 11.9. The first-order chi connectivity index (χ1) is 10.2. The number of nitrogens with one attached hydrogen (secondary N) is 2. The highest BCUT2D eigenvalue weighted by atomic mass is 16.4. The number of carboxylic acids is 1. The van der Waals surface area contributed by atoms with Crippen molar-refractivity contribution >= 4 is 5.97 Å². The van der Waals surface area contributed by atoms with Crippen LogP contribution in [0.5, 0.6) is 0 Å². The molecule has 0 aromatic carbocycles. The fraction of sp³-hybridized carbons (Fsp3) is 0.438. The summed E-state index contributed by atoms with van der Waals surface area (Å²) < 4.78 is 0. The Hall–Kier alpha value is -2.17. The largest absolute Gasteiger partial charge is 0.481 e. The predicted octanol–water partition coefficient (Wildman–Crippen LogP) is 1.19. The van der Waals surface area contributed by atoms with E-state index in [2.05, 4.69) is 33.8 Å². The summed E-state index contributed by atoms with van der Waals surface area (Å²) in [5, 5.41) is 15.8. The molecule has 2 unspecified atom stereocenters. The van der Waals surface area contributed by atoms with Gasteiger partial charge in [0.15, 0.2) is 0 Å². The summed E-state index contributed by atoms with van der Waals surface area (Å²) in [6.45, 7) is 1.63. The van der Waals surface area contributed by atoms with Crippen molar-refractivity contribution < 1.29 is 9.90 Å². The standard InChI is InChI=1S/C16H21N3O2/c20-16(21)12-5-9-19(10-6-12)13-4-8-18-15(11-13)14-3-1-2-7-17-14/h1-4,7-8,11-12,14-15,17-18H,5-6,9-10H2,(H,20,21). The molecule has 0 bridgehead atoms. The van der Waals surface area contributed by atoms with Gasteiger partial charge in [-0.1, -0.05) is 12.2 Å². The van der Waals surface area contributed by atoms with Gasteiger partial charge in [-0.15, -0.1) is 0 Å². The lowest BCUT2D eigenvalue weighted by molar-refractivity contribution is -0.143. The lowest BCUT2D eigenvalue weighted by Crippen LogP contribution is -2.45. The number of likely N-dealkylation sites (tertiary alicyclic amines) is 1. The van der Waals surface area contributed by atoms with E-state index < -0.39 is 5.97 Å². The molecule has 0 aliphatic carbocycles. The third-order valence-corrected chi connectivity index (χ3v) is 4.30. The number of nitrogens with zero attached hydrogens (tertiary/aromatic N) is 1. The van der Waals surface area contributed by atoms with Crippen LogP contribution in [0.15, 0.2) is 48.5 Å². The first kappa shape index (κ1) is 13.8. The minimum Gasteiger partial charge on any atom is -0.481 e. The monoisotopic (exact) mass is 287 g/mol. The molecule has 3 aliphatic rings. The highest BCUT2D eigenvalue weighted by Crippen LogP contribution is 2.23. The minimum atomic E-state index is -0.661. The van der Waals surface area contributed by atoms with E-state index in [4.69, 9.17) is 5.11 Å². The number of carboxylic acid groups (broad SMARTS) is 1. The molecule has 1 fully saturated rings. The topological polar surface area (TPSA) is 64.6 Å². The number of carbonyl (C=O) groups is 1. The highest BCUT2D eigenvalue weighted by molar-refractivity contribution is 5.70. The van der Waals surface area contributed by atoms with Gasteiger partial charge in [-0.25, -0.2) is 0 Å². The minimum absolute atomic E-state index is 0.184. The Kier molecular flexibility index (Phi) is 3.99. The van der Waals surface area contributed by atoms with Crippen LogP contribution in [-0.4, -0.2) is 41.1 Å². The van der Waals surface area contributed by atoms with E-state index in [-0.39, 0.29) is 18.0 Å². The van der Waals surface area contributed by atoms with Gasteiger partial charge in [0.05, 0.1) is 18.0 Å². The van der Waals surface area contributed by atoms with Gasteiger partial charge in [0.25, 0.3) is 0 Å². The van der Waals surface area contributed by atoms with Gasteiger partial charge in [0.1, 0.15) is 0 Å². The number of dihydropyridines is 2. The Morgan fingerprint density at radius 3 is 2.57 bits per heavy atom. The molecule has 5 nitrogen and oxygen atoms in total. The summed E-state index contributed by atoms with van der Waals surface area (Å²) in [6.07, 6.45) is 15.9. The van der Waals surface area contributed by atoms with E-state index >= 15 is 0 Å². The Balaban J connectivity index is 1.63. The van der Waals surface area contributed by atoms with E-state index in [1.54, 1.807) is 0 Å². The fourth-order valence-electron chi connectivity index (χ4n) is 3.02. The molecule has 112 valence electrons. The quantitative estimate of drug-likeness (QED) is 0.728. The molecule has 3 heterocycles.